The summed E-state index contributed by atoms with van der Waals surface area (Å²) in [5, 5.41) is 2.76. The van der Waals surface area contributed by atoms with E-state index in [1.807, 2.05) is 41.5 Å². The molecule has 5 heteroatoms. The fraction of sp³-hybridized carbons (Fsp3) is 0.875. The average molecular weight is 299 g/mol. The van der Waals surface area contributed by atoms with Crippen LogP contribution in [0.25, 0.3) is 0 Å². The van der Waals surface area contributed by atoms with E-state index in [4.69, 9.17) is 9.47 Å². The van der Waals surface area contributed by atoms with E-state index in [2.05, 4.69) is 5.32 Å². The fourth-order valence-electron chi connectivity index (χ4n) is 2.21. The first-order valence-electron chi connectivity index (χ1n) is 7.61. The van der Waals surface area contributed by atoms with E-state index in [0.717, 1.165) is 0 Å². The smallest absolute Gasteiger partial charge is 0.408 e. The fourth-order valence-corrected chi connectivity index (χ4v) is 2.21. The largest absolute Gasteiger partial charge is 0.446 e. The number of rotatable bonds is 3. The summed E-state index contributed by atoms with van der Waals surface area (Å²) < 4.78 is 10.6. The lowest BCUT2D eigenvalue weighted by Crippen LogP contribution is -2.53. The van der Waals surface area contributed by atoms with Gasteiger partial charge < -0.3 is 14.8 Å². The number of nitrogens with one attached hydrogen (secondary N) is 1. The van der Waals surface area contributed by atoms with Crippen molar-refractivity contribution in [2.45, 2.75) is 66.5 Å². The first kappa shape index (κ1) is 18.0. The second-order valence-electron chi connectivity index (χ2n) is 7.77. The minimum Gasteiger partial charge on any atom is -0.446 e. The molecule has 0 spiro atoms. The minimum atomic E-state index is -0.565. The van der Waals surface area contributed by atoms with Gasteiger partial charge in [-0.25, -0.2) is 4.79 Å². The number of hydrogen-bond acceptors (Lipinski definition) is 4. The van der Waals surface area contributed by atoms with Gasteiger partial charge in [0, 0.05) is 18.3 Å². The molecule has 0 aromatic heterocycles. The number of carbonyl (C=O) groups excluding carboxylic acids is 2. The average Bonchev–Trinajstić information content (AvgIpc) is 2.34. The van der Waals surface area contributed by atoms with Crippen molar-refractivity contribution in [1.82, 2.24) is 5.32 Å². The molecule has 0 bridgehead atoms. The van der Waals surface area contributed by atoms with E-state index < -0.39 is 17.6 Å². The Morgan fingerprint density at radius 1 is 1.10 bits per heavy atom. The quantitative estimate of drug-likeness (QED) is 0.870. The van der Waals surface area contributed by atoms with Crippen LogP contribution in [0.15, 0.2) is 0 Å². The molecule has 0 aliphatic carbocycles. The molecular formula is C16H29NO4. The summed E-state index contributed by atoms with van der Waals surface area (Å²) in [5.41, 5.74) is -0.872. The lowest BCUT2D eigenvalue weighted by Gasteiger charge is -2.35. The molecule has 1 saturated heterocycles. The second-order valence-corrected chi connectivity index (χ2v) is 7.77. The maximum Gasteiger partial charge on any atom is 0.408 e. The second kappa shape index (κ2) is 6.77. The minimum absolute atomic E-state index is 0.0129. The monoisotopic (exact) mass is 299 g/mol. The highest BCUT2D eigenvalue weighted by atomic mass is 16.6. The zero-order chi connectivity index (χ0) is 16.3. The van der Waals surface area contributed by atoms with Crippen molar-refractivity contribution < 1.29 is 19.1 Å². The van der Waals surface area contributed by atoms with Gasteiger partial charge in [-0.15, -0.1) is 0 Å². The number of amides is 1. The first-order chi connectivity index (χ1) is 9.51. The molecule has 0 saturated carbocycles. The van der Waals surface area contributed by atoms with Crippen molar-refractivity contribution in [3.8, 4) is 0 Å². The molecule has 1 rings (SSSR count). The molecular weight excluding hydrogens is 270 g/mol. The predicted molar refractivity (Wildman–Crippen MR) is 81.2 cm³/mol. The first-order valence-corrected chi connectivity index (χ1v) is 7.61. The summed E-state index contributed by atoms with van der Waals surface area (Å²) in [6.07, 6.45) is 0.783. The van der Waals surface area contributed by atoms with Crippen LogP contribution in [0.4, 0.5) is 4.79 Å². The topological polar surface area (TPSA) is 64.6 Å². The molecule has 21 heavy (non-hydrogen) atoms. The van der Waals surface area contributed by atoms with Crippen molar-refractivity contribution in [2.75, 3.05) is 13.2 Å². The molecule has 0 aromatic rings. The lowest BCUT2D eigenvalue weighted by atomic mass is 9.76. The molecule has 5 nitrogen and oxygen atoms in total. The van der Waals surface area contributed by atoms with E-state index in [1.165, 1.54) is 0 Å². The summed E-state index contributed by atoms with van der Waals surface area (Å²) in [5.74, 6) is 0.0129. The Balaban J connectivity index is 2.68. The summed E-state index contributed by atoms with van der Waals surface area (Å²) in [6, 6.07) is -0.565. The maximum absolute atomic E-state index is 12.5. The number of hydrogen-bond donors (Lipinski definition) is 1. The lowest BCUT2D eigenvalue weighted by molar-refractivity contribution is -0.131. The van der Waals surface area contributed by atoms with Crippen molar-refractivity contribution in [1.29, 1.82) is 0 Å². The highest BCUT2D eigenvalue weighted by molar-refractivity contribution is 5.92. The molecule has 1 heterocycles. The Morgan fingerprint density at radius 2 is 1.62 bits per heavy atom. The van der Waals surface area contributed by atoms with Crippen LogP contribution < -0.4 is 5.32 Å². The predicted octanol–water partition coefficient (Wildman–Crippen LogP) is 2.92. The summed E-state index contributed by atoms with van der Waals surface area (Å²) in [4.78, 5) is 24.6. The van der Waals surface area contributed by atoms with Crippen molar-refractivity contribution in [3.05, 3.63) is 0 Å². The van der Waals surface area contributed by atoms with Crippen molar-refractivity contribution in [3.63, 3.8) is 0 Å². The Bertz CT molecular complexity index is 373. The number of Topliss-reactive ketones (excluding diaryl/α,β-unsaturated/α-hetero) is 1. The number of ketones is 1. The van der Waals surface area contributed by atoms with E-state index in [1.54, 1.807) is 0 Å². The third-order valence-electron chi connectivity index (χ3n) is 3.57. The van der Waals surface area contributed by atoms with Gasteiger partial charge in [0.25, 0.3) is 0 Å². The number of alkyl carbamates (subject to hydrolysis) is 1. The highest BCUT2D eigenvalue weighted by Crippen LogP contribution is 2.27. The zero-order valence-electron chi connectivity index (χ0n) is 14.1. The van der Waals surface area contributed by atoms with Crippen LogP contribution in [0.5, 0.6) is 0 Å². The van der Waals surface area contributed by atoms with Crippen LogP contribution in [-0.2, 0) is 14.3 Å². The zero-order valence-corrected chi connectivity index (χ0v) is 14.1. The maximum atomic E-state index is 12.5. The van der Waals surface area contributed by atoms with Crippen LogP contribution in [-0.4, -0.2) is 37.2 Å². The van der Waals surface area contributed by atoms with Gasteiger partial charge in [0.2, 0.25) is 0 Å². The number of carbonyl (C=O) groups is 2. The van der Waals surface area contributed by atoms with Crippen LogP contribution >= 0.6 is 0 Å². The third kappa shape index (κ3) is 5.65. The van der Waals surface area contributed by atoms with Gasteiger partial charge in [0.1, 0.15) is 6.10 Å². The molecule has 0 aromatic carbocycles. The van der Waals surface area contributed by atoms with Crippen molar-refractivity contribution in [2.24, 2.45) is 10.8 Å². The Labute approximate surface area is 127 Å². The number of ether oxygens (including phenoxy) is 2. The van der Waals surface area contributed by atoms with Crippen LogP contribution in [0.2, 0.25) is 0 Å². The van der Waals surface area contributed by atoms with E-state index in [-0.39, 0.29) is 17.3 Å². The molecule has 1 unspecified atom stereocenters. The summed E-state index contributed by atoms with van der Waals surface area (Å²) in [7, 11) is 0. The molecule has 1 N–H and O–H groups in total. The molecule has 1 aliphatic heterocycles. The molecule has 122 valence electrons. The Kier molecular flexibility index (Phi) is 5.79. The SMILES string of the molecule is CC(C)(C)C(=O)C(NC(=O)OC1CCOCC1)C(C)(C)C. The third-order valence-corrected chi connectivity index (χ3v) is 3.57. The van der Waals surface area contributed by atoms with Gasteiger partial charge in [-0.05, 0) is 5.41 Å². The van der Waals surface area contributed by atoms with Gasteiger partial charge in [0.15, 0.2) is 5.78 Å². The summed E-state index contributed by atoms with van der Waals surface area (Å²) >= 11 is 0. The standard InChI is InChI=1S/C16H29NO4/c1-15(2,3)12(13(18)16(4,5)6)17-14(19)21-11-7-9-20-10-8-11/h11-12H,7-10H2,1-6H3,(H,17,19). The molecule has 0 radical (unpaired) electrons. The molecule has 1 amide bonds. The normalized spacial score (nSPS) is 19.0. The Hall–Kier alpha value is -1.10. The van der Waals surface area contributed by atoms with Gasteiger partial charge in [-0.1, -0.05) is 41.5 Å². The van der Waals surface area contributed by atoms with E-state index in [0.29, 0.717) is 26.1 Å². The van der Waals surface area contributed by atoms with Crippen LogP contribution in [0.3, 0.4) is 0 Å². The summed E-state index contributed by atoms with van der Waals surface area (Å²) in [6.45, 7) is 12.6. The van der Waals surface area contributed by atoms with Gasteiger partial charge in [-0.2, -0.15) is 0 Å². The molecule has 1 aliphatic rings. The highest BCUT2D eigenvalue weighted by Gasteiger charge is 2.39. The molecule has 1 atom stereocenters. The van der Waals surface area contributed by atoms with Gasteiger partial charge in [-0.3, -0.25) is 4.79 Å². The van der Waals surface area contributed by atoms with Crippen molar-refractivity contribution >= 4 is 11.9 Å². The van der Waals surface area contributed by atoms with Crippen LogP contribution in [0, 0.1) is 10.8 Å². The van der Waals surface area contributed by atoms with Gasteiger partial charge >= 0.3 is 6.09 Å². The van der Waals surface area contributed by atoms with Gasteiger partial charge in [0.05, 0.1) is 19.3 Å². The van der Waals surface area contributed by atoms with Crippen LogP contribution in [0.1, 0.15) is 54.4 Å². The van der Waals surface area contributed by atoms with E-state index in [9.17, 15) is 9.59 Å². The Morgan fingerprint density at radius 3 is 2.05 bits per heavy atom. The van der Waals surface area contributed by atoms with E-state index >= 15 is 0 Å². The molecule has 1 fully saturated rings.